The summed E-state index contributed by atoms with van der Waals surface area (Å²) in [7, 11) is -0.672. The first-order valence-corrected chi connectivity index (χ1v) is 8.21. The number of rotatable bonds is 4. The first-order valence-electron chi connectivity index (χ1n) is 7.83. The van der Waals surface area contributed by atoms with Crippen molar-refractivity contribution in [1.29, 1.82) is 0 Å². The van der Waals surface area contributed by atoms with E-state index in [9.17, 15) is 0 Å². The summed E-state index contributed by atoms with van der Waals surface area (Å²) >= 11 is 6.29. The van der Waals surface area contributed by atoms with Crippen molar-refractivity contribution in [2.45, 2.75) is 45.5 Å². The molecule has 0 aliphatic carbocycles. The number of ether oxygens (including phenoxy) is 1. The van der Waals surface area contributed by atoms with E-state index >= 15 is 0 Å². The lowest BCUT2D eigenvalue weighted by Crippen LogP contribution is -2.41. The second kappa shape index (κ2) is 6.35. The fourth-order valence-electron chi connectivity index (χ4n) is 2.36. The quantitative estimate of drug-likeness (QED) is 0.629. The molecule has 0 radical (unpaired) electrons. The Morgan fingerprint density at radius 3 is 2.29 bits per heavy atom. The van der Waals surface area contributed by atoms with Gasteiger partial charge in [0.15, 0.2) is 0 Å². The summed E-state index contributed by atoms with van der Waals surface area (Å²) in [6.07, 6.45) is 1.37. The lowest BCUT2D eigenvalue weighted by molar-refractivity contribution is 0.00578. The van der Waals surface area contributed by atoms with E-state index in [2.05, 4.69) is 9.97 Å². The van der Waals surface area contributed by atoms with E-state index in [4.69, 9.17) is 25.6 Å². The normalized spacial score (nSPS) is 18.6. The maximum atomic E-state index is 6.29. The average Bonchev–Trinajstić information content (AvgIpc) is 2.74. The zero-order valence-corrected chi connectivity index (χ0v) is 15.0. The molecule has 0 spiro atoms. The van der Waals surface area contributed by atoms with E-state index in [0.717, 1.165) is 5.56 Å². The highest BCUT2D eigenvalue weighted by Gasteiger charge is 2.53. The molecule has 1 aromatic carbocycles. The maximum Gasteiger partial charge on any atom is 0.503 e. The summed E-state index contributed by atoms with van der Waals surface area (Å²) in [5.74, 6) is 0.373. The summed E-state index contributed by atoms with van der Waals surface area (Å²) in [6, 6.07) is 9.84. The van der Waals surface area contributed by atoms with Crippen LogP contribution in [0, 0.1) is 0 Å². The highest BCUT2D eigenvalue weighted by atomic mass is 35.5. The van der Waals surface area contributed by atoms with Crippen molar-refractivity contribution in [1.82, 2.24) is 9.97 Å². The van der Waals surface area contributed by atoms with Crippen molar-refractivity contribution in [2.24, 2.45) is 0 Å². The van der Waals surface area contributed by atoms with Crippen molar-refractivity contribution in [3.8, 4) is 5.88 Å². The molecule has 0 bridgehead atoms. The Labute approximate surface area is 147 Å². The minimum Gasteiger partial charge on any atom is -0.473 e. The highest BCUT2D eigenvalue weighted by Crippen LogP contribution is 2.37. The van der Waals surface area contributed by atoms with E-state index < -0.39 is 18.3 Å². The minimum absolute atomic E-state index is 0.270. The molecule has 0 N–H and O–H groups in total. The van der Waals surface area contributed by atoms with Gasteiger partial charge in [0.2, 0.25) is 5.88 Å². The summed E-state index contributed by atoms with van der Waals surface area (Å²) in [6.45, 7) is 8.30. The van der Waals surface area contributed by atoms with Gasteiger partial charge in [0, 0.05) is 0 Å². The Balaban J connectivity index is 1.86. The van der Waals surface area contributed by atoms with Crippen molar-refractivity contribution >= 4 is 24.2 Å². The molecule has 7 heteroatoms. The molecule has 1 saturated heterocycles. The molecule has 2 aromatic rings. The summed E-state index contributed by atoms with van der Waals surface area (Å²) in [4.78, 5) is 8.27. The van der Waals surface area contributed by atoms with Gasteiger partial charge in [-0.05, 0) is 33.3 Å². The Morgan fingerprint density at radius 2 is 1.67 bits per heavy atom. The Hall–Kier alpha value is -1.63. The molecule has 1 aromatic heterocycles. The van der Waals surface area contributed by atoms with Gasteiger partial charge in [-0.2, -0.15) is 0 Å². The standard InChI is InChI=1S/C17H20BClN2O3/c1-16(2)17(3,4)24-18(23-16)13-14(19)20-11-21-15(13)22-10-12-8-6-5-7-9-12/h5-9,11H,10H2,1-4H3. The zero-order valence-electron chi connectivity index (χ0n) is 14.2. The monoisotopic (exact) mass is 346 g/mol. The van der Waals surface area contributed by atoms with Gasteiger partial charge in [0.1, 0.15) is 18.1 Å². The number of hydrogen-bond donors (Lipinski definition) is 0. The van der Waals surface area contributed by atoms with Gasteiger partial charge in [-0.15, -0.1) is 0 Å². The van der Waals surface area contributed by atoms with Crippen LogP contribution in [-0.2, 0) is 15.9 Å². The molecule has 0 saturated carbocycles. The van der Waals surface area contributed by atoms with Crippen LogP contribution in [0.4, 0.5) is 0 Å². The van der Waals surface area contributed by atoms with E-state index in [1.54, 1.807) is 0 Å². The van der Waals surface area contributed by atoms with Crippen molar-refractivity contribution < 1.29 is 14.0 Å². The molecule has 1 aliphatic heterocycles. The molecule has 24 heavy (non-hydrogen) atoms. The third-order valence-electron chi connectivity index (χ3n) is 4.51. The number of halogens is 1. The first-order chi connectivity index (χ1) is 11.3. The molecule has 5 nitrogen and oxygen atoms in total. The van der Waals surface area contributed by atoms with Gasteiger partial charge in [-0.3, -0.25) is 0 Å². The topological polar surface area (TPSA) is 53.5 Å². The Kier molecular flexibility index (Phi) is 4.55. The SMILES string of the molecule is CC1(C)OB(c2c(Cl)ncnc2OCc2ccccc2)OC1(C)C. The predicted octanol–water partition coefficient (Wildman–Crippen LogP) is 3.01. The molecular formula is C17H20BClN2O3. The van der Waals surface area contributed by atoms with Crippen LogP contribution in [0.2, 0.25) is 5.15 Å². The van der Waals surface area contributed by atoms with Crippen LogP contribution >= 0.6 is 11.6 Å². The first kappa shape index (κ1) is 17.2. The lowest BCUT2D eigenvalue weighted by Gasteiger charge is -2.32. The minimum atomic E-state index is -0.672. The van der Waals surface area contributed by atoms with E-state index in [-0.39, 0.29) is 5.15 Å². The third-order valence-corrected chi connectivity index (χ3v) is 4.81. The van der Waals surface area contributed by atoms with Crippen LogP contribution in [0.15, 0.2) is 36.7 Å². The number of hydrogen-bond acceptors (Lipinski definition) is 5. The number of nitrogens with zero attached hydrogens (tertiary/aromatic N) is 2. The molecule has 1 aliphatic rings. The zero-order chi connectivity index (χ0) is 17.4. The van der Waals surface area contributed by atoms with Gasteiger partial charge in [0.25, 0.3) is 0 Å². The van der Waals surface area contributed by atoms with Crippen molar-refractivity contribution in [2.75, 3.05) is 0 Å². The van der Waals surface area contributed by atoms with Crippen LogP contribution in [0.25, 0.3) is 0 Å². The highest BCUT2D eigenvalue weighted by molar-refractivity contribution is 6.66. The van der Waals surface area contributed by atoms with Crippen LogP contribution in [0.3, 0.4) is 0 Å². The second-order valence-corrected chi connectivity index (χ2v) is 7.10. The summed E-state index contributed by atoms with van der Waals surface area (Å²) in [5, 5.41) is 0.270. The second-order valence-electron chi connectivity index (χ2n) is 6.75. The fraction of sp³-hybridized carbons (Fsp3) is 0.412. The Bertz CT molecular complexity index is 709. The smallest absolute Gasteiger partial charge is 0.473 e. The van der Waals surface area contributed by atoms with E-state index in [1.165, 1.54) is 6.33 Å². The molecular weight excluding hydrogens is 326 g/mol. The number of benzene rings is 1. The maximum absolute atomic E-state index is 6.29. The molecule has 126 valence electrons. The van der Waals surface area contributed by atoms with Gasteiger partial charge in [0.05, 0.1) is 16.7 Å². The largest absolute Gasteiger partial charge is 0.503 e. The predicted molar refractivity (Wildman–Crippen MR) is 93.5 cm³/mol. The summed E-state index contributed by atoms with van der Waals surface area (Å²) in [5.41, 5.74) is 0.599. The van der Waals surface area contributed by atoms with Crippen LogP contribution in [0.1, 0.15) is 33.3 Å². The van der Waals surface area contributed by atoms with Crippen LogP contribution in [0.5, 0.6) is 5.88 Å². The fourth-order valence-corrected chi connectivity index (χ4v) is 2.57. The molecule has 2 heterocycles. The van der Waals surface area contributed by atoms with Crippen molar-refractivity contribution in [3.05, 3.63) is 47.4 Å². The third kappa shape index (κ3) is 3.27. The lowest BCUT2D eigenvalue weighted by atomic mass is 9.80. The van der Waals surface area contributed by atoms with Gasteiger partial charge in [-0.25, -0.2) is 9.97 Å². The van der Waals surface area contributed by atoms with Gasteiger partial charge >= 0.3 is 7.12 Å². The van der Waals surface area contributed by atoms with E-state index in [1.807, 2.05) is 58.0 Å². The van der Waals surface area contributed by atoms with Gasteiger partial charge in [-0.1, -0.05) is 41.9 Å². The molecule has 0 amide bonds. The van der Waals surface area contributed by atoms with Gasteiger partial charge < -0.3 is 14.0 Å². The number of aromatic nitrogens is 2. The van der Waals surface area contributed by atoms with Crippen LogP contribution < -0.4 is 10.2 Å². The molecule has 0 unspecified atom stereocenters. The molecule has 1 fully saturated rings. The molecule has 3 rings (SSSR count). The van der Waals surface area contributed by atoms with Crippen LogP contribution in [-0.4, -0.2) is 28.3 Å². The average molecular weight is 347 g/mol. The van der Waals surface area contributed by atoms with E-state index in [0.29, 0.717) is 17.9 Å². The van der Waals surface area contributed by atoms with Crippen molar-refractivity contribution in [3.63, 3.8) is 0 Å². The Morgan fingerprint density at radius 1 is 1.04 bits per heavy atom. The molecule has 0 atom stereocenters. The summed E-state index contributed by atoms with van der Waals surface area (Å²) < 4.78 is 18.0.